The van der Waals surface area contributed by atoms with E-state index in [0.717, 1.165) is 21.7 Å². The van der Waals surface area contributed by atoms with Crippen molar-refractivity contribution in [2.45, 2.75) is 13.5 Å². The topological polar surface area (TPSA) is 88.1 Å². The number of nitrogens with zero attached hydrogens (tertiary/aromatic N) is 2. The number of hydrogen-bond acceptors (Lipinski definition) is 5. The summed E-state index contributed by atoms with van der Waals surface area (Å²) in [4.78, 5) is 12.4. The Labute approximate surface area is 221 Å². The van der Waals surface area contributed by atoms with Gasteiger partial charge in [-0.3, -0.25) is 9.10 Å². The monoisotopic (exact) mass is 535 g/mol. The summed E-state index contributed by atoms with van der Waals surface area (Å²) in [6, 6.07) is 26.4. The van der Waals surface area contributed by atoms with E-state index in [9.17, 15) is 13.2 Å². The number of halogens is 1. The van der Waals surface area contributed by atoms with E-state index in [1.54, 1.807) is 25.1 Å². The summed E-state index contributed by atoms with van der Waals surface area (Å²) in [6.45, 7) is 1.75. The molecule has 190 valence electrons. The van der Waals surface area contributed by atoms with Crippen molar-refractivity contribution in [2.24, 2.45) is 5.10 Å². The summed E-state index contributed by atoms with van der Waals surface area (Å²) in [7, 11) is -3.70. The summed E-state index contributed by atoms with van der Waals surface area (Å²) in [5, 5.41) is 6.78. The molecule has 0 spiro atoms. The van der Waals surface area contributed by atoms with Crippen molar-refractivity contribution in [3.05, 3.63) is 107 Å². The molecule has 0 saturated carbocycles. The highest BCUT2D eigenvalue weighted by atomic mass is 35.5. The number of hydrogen-bond donors (Lipinski definition) is 1. The third-order valence-corrected chi connectivity index (χ3v) is 6.98. The van der Waals surface area contributed by atoms with E-state index in [4.69, 9.17) is 16.3 Å². The molecule has 0 radical (unpaired) electrons. The minimum Gasteiger partial charge on any atom is -0.489 e. The summed E-state index contributed by atoms with van der Waals surface area (Å²) in [5.41, 5.74) is 5.21. The fourth-order valence-corrected chi connectivity index (χ4v) is 4.91. The predicted molar refractivity (Wildman–Crippen MR) is 149 cm³/mol. The van der Waals surface area contributed by atoms with E-state index in [1.165, 1.54) is 17.0 Å². The lowest BCUT2D eigenvalue weighted by Gasteiger charge is -2.23. The van der Waals surface area contributed by atoms with Gasteiger partial charge in [0.2, 0.25) is 10.0 Å². The van der Waals surface area contributed by atoms with Crippen molar-refractivity contribution >= 4 is 50.2 Å². The van der Waals surface area contributed by atoms with Crippen LogP contribution >= 0.6 is 11.6 Å². The van der Waals surface area contributed by atoms with Crippen molar-refractivity contribution in [1.29, 1.82) is 0 Å². The maximum atomic E-state index is 12.4. The second-order valence-electron chi connectivity index (χ2n) is 8.53. The number of carbonyl (C=O) groups excluding carboxylic acids is 1. The molecular weight excluding hydrogens is 510 g/mol. The van der Waals surface area contributed by atoms with Crippen LogP contribution in [-0.2, 0) is 21.4 Å². The molecule has 0 aliphatic carbocycles. The second kappa shape index (κ2) is 11.5. The number of carbonyl (C=O) groups is 1. The first kappa shape index (κ1) is 26.2. The van der Waals surface area contributed by atoms with Gasteiger partial charge in [-0.1, -0.05) is 48.0 Å². The van der Waals surface area contributed by atoms with Gasteiger partial charge in [-0.15, -0.1) is 0 Å². The molecule has 0 bridgehead atoms. The van der Waals surface area contributed by atoms with Crippen LogP contribution in [0.25, 0.3) is 10.8 Å². The van der Waals surface area contributed by atoms with Gasteiger partial charge >= 0.3 is 0 Å². The van der Waals surface area contributed by atoms with Gasteiger partial charge in [0, 0.05) is 5.02 Å². The van der Waals surface area contributed by atoms with Crippen molar-refractivity contribution in [3.63, 3.8) is 0 Å². The fraction of sp³-hybridized carbons (Fsp3) is 0.143. The lowest BCUT2D eigenvalue weighted by molar-refractivity contribution is -0.119. The Morgan fingerprint density at radius 1 is 1.00 bits per heavy atom. The van der Waals surface area contributed by atoms with Crippen LogP contribution in [0.2, 0.25) is 5.02 Å². The summed E-state index contributed by atoms with van der Waals surface area (Å²) in [5.74, 6) is 0.128. The standard InChI is InChI=1S/C28H26ClN3O4S/c1-20-15-25(29)11-14-27(20)32(37(2,34)35)18-28(33)31-30-17-21-8-12-26(13-9-21)36-19-22-7-10-23-5-3-4-6-24(23)16-22/h3-17H,18-19H2,1-2H3,(H,31,33)/b30-17-. The number of anilines is 1. The molecule has 0 atom stereocenters. The number of sulfonamides is 1. The number of rotatable bonds is 9. The zero-order valence-electron chi connectivity index (χ0n) is 20.4. The van der Waals surface area contributed by atoms with Gasteiger partial charge < -0.3 is 4.74 Å². The molecule has 37 heavy (non-hydrogen) atoms. The maximum Gasteiger partial charge on any atom is 0.260 e. The van der Waals surface area contributed by atoms with Gasteiger partial charge in [-0.05, 0) is 82.9 Å². The van der Waals surface area contributed by atoms with Crippen LogP contribution < -0.4 is 14.5 Å². The molecule has 4 aromatic carbocycles. The smallest absolute Gasteiger partial charge is 0.260 e. The summed E-state index contributed by atoms with van der Waals surface area (Å²) < 4.78 is 31.5. The van der Waals surface area contributed by atoms with E-state index in [1.807, 2.05) is 42.5 Å². The third kappa shape index (κ3) is 7.09. The zero-order valence-corrected chi connectivity index (χ0v) is 22.0. The van der Waals surface area contributed by atoms with Crippen LogP contribution in [0.1, 0.15) is 16.7 Å². The van der Waals surface area contributed by atoms with Crippen molar-refractivity contribution < 1.29 is 17.9 Å². The number of amides is 1. The molecule has 1 N–H and O–H groups in total. The Balaban J connectivity index is 1.32. The minimum atomic E-state index is -3.70. The lowest BCUT2D eigenvalue weighted by atomic mass is 10.1. The number of benzene rings is 4. The van der Waals surface area contributed by atoms with E-state index in [-0.39, 0.29) is 0 Å². The van der Waals surface area contributed by atoms with E-state index >= 15 is 0 Å². The Bertz CT molecular complexity index is 1550. The first-order valence-electron chi connectivity index (χ1n) is 11.5. The first-order valence-corrected chi connectivity index (χ1v) is 13.7. The van der Waals surface area contributed by atoms with Gasteiger partial charge in [-0.2, -0.15) is 5.10 Å². The number of ether oxygens (including phenoxy) is 1. The van der Waals surface area contributed by atoms with Crippen molar-refractivity contribution in [3.8, 4) is 5.75 Å². The van der Waals surface area contributed by atoms with Gasteiger partial charge in [0.25, 0.3) is 5.91 Å². The molecule has 0 aliphatic rings. The van der Waals surface area contributed by atoms with Crippen LogP contribution in [0.5, 0.6) is 5.75 Å². The van der Waals surface area contributed by atoms with Crippen molar-refractivity contribution in [2.75, 3.05) is 17.1 Å². The highest BCUT2D eigenvalue weighted by Gasteiger charge is 2.22. The second-order valence-corrected chi connectivity index (χ2v) is 10.9. The number of hydrazone groups is 1. The highest BCUT2D eigenvalue weighted by molar-refractivity contribution is 7.92. The molecule has 0 heterocycles. The molecule has 7 nitrogen and oxygen atoms in total. The number of fused-ring (bicyclic) bond motifs is 1. The predicted octanol–water partition coefficient (Wildman–Crippen LogP) is 5.30. The third-order valence-electron chi connectivity index (χ3n) is 5.62. The number of nitrogens with one attached hydrogen (secondary N) is 1. The molecule has 0 aromatic heterocycles. The van der Waals surface area contributed by atoms with Gasteiger partial charge in [-0.25, -0.2) is 13.8 Å². The molecule has 9 heteroatoms. The van der Waals surface area contributed by atoms with E-state index in [2.05, 4.69) is 34.8 Å². The Morgan fingerprint density at radius 2 is 1.73 bits per heavy atom. The van der Waals surface area contributed by atoms with Gasteiger partial charge in [0.05, 0.1) is 18.2 Å². The van der Waals surface area contributed by atoms with Gasteiger partial charge in [0.15, 0.2) is 0 Å². The average Bonchev–Trinajstić information content (AvgIpc) is 2.86. The molecule has 4 aromatic rings. The van der Waals surface area contributed by atoms with Crippen LogP contribution in [-0.4, -0.2) is 33.3 Å². The Kier molecular flexibility index (Phi) is 8.11. The average molecular weight is 536 g/mol. The molecule has 0 saturated heterocycles. The highest BCUT2D eigenvalue weighted by Crippen LogP contribution is 2.25. The molecule has 0 fully saturated rings. The Morgan fingerprint density at radius 3 is 2.43 bits per heavy atom. The van der Waals surface area contributed by atoms with Crippen molar-refractivity contribution in [1.82, 2.24) is 5.43 Å². The summed E-state index contributed by atoms with van der Waals surface area (Å²) in [6.07, 6.45) is 2.52. The number of aryl methyl sites for hydroxylation is 1. The van der Waals surface area contributed by atoms with Crippen LogP contribution in [0.4, 0.5) is 5.69 Å². The summed E-state index contributed by atoms with van der Waals surface area (Å²) >= 11 is 5.97. The quantitative estimate of drug-likeness (QED) is 0.233. The van der Waals surface area contributed by atoms with Gasteiger partial charge in [0.1, 0.15) is 18.9 Å². The van der Waals surface area contributed by atoms with E-state index < -0.39 is 22.5 Å². The van der Waals surface area contributed by atoms with Crippen LogP contribution in [0.3, 0.4) is 0 Å². The largest absolute Gasteiger partial charge is 0.489 e. The van der Waals surface area contributed by atoms with E-state index in [0.29, 0.717) is 28.6 Å². The molecule has 0 aliphatic heterocycles. The molecule has 4 rings (SSSR count). The minimum absolute atomic E-state index is 0.380. The zero-order chi connectivity index (χ0) is 26.4. The fourth-order valence-electron chi connectivity index (χ4n) is 3.77. The normalized spacial score (nSPS) is 11.5. The molecule has 1 amide bonds. The first-order chi connectivity index (χ1) is 17.7. The Hall–Kier alpha value is -3.88. The molecule has 0 unspecified atom stereocenters. The lowest BCUT2D eigenvalue weighted by Crippen LogP contribution is -2.39. The maximum absolute atomic E-state index is 12.4. The van der Waals surface area contributed by atoms with Crippen LogP contribution in [0.15, 0.2) is 90.0 Å². The van der Waals surface area contributed by atoms with Crippen LogP contribution in [0, 0.1) is 6.92 Å². The molecular formula is C28H26ClN3O4S. The SMILES string of the molecule is Cc1cc(Cl)ccc1N(CC(=O)N/N=C\c1ccc(OCc2ccc3ccccc3c2)cc1)S(C)(=O)=O.